The highest BCUT2D eigenvalue weighted by atomic mass is 32.2. The van der Waals surface area contributed by atoms with Crippen molar-refractivity contribution in [3.05, 3.63) is 64.6 Å². The quantitative estimate of drug-likeness (QED) is 0.474. The number of nitrogens with zero attached hydrogens (tertiary/aromatic N) is 3. The van der Waals surface area contributed by atoms with Gasteiger partial charge in [0, 0.05) is 23.6 Å². The molecule has 0 atom stereocenters. The average molecular weight is 521 g/mol. The van der Waals surface area contributed by atoms with Gasteiger partial charge in [0.25, 0.3) is 11.8 Å². The van der Waals surface area contributed by atoms with Gasteiger partial charge in [0.15, 0.2) is 21.3 Å². The fourth-order valence-corrected chi connectivity index (χ4v) is 4.48. The SMILES string of the molecule is Cc1nc(C2CCC2)ccc1Oc1nnc(C(F)(F)F)c(C)c1C(=O)Nc1cccc(S(C)(=O)=O)c1. The first-order chi connectivity index (χ1) is 16.8. The van der Waals surface area contributed by atoms with E-state index in [0.29, 0.717) is 11.6 Å². The highest BCUT2D eigenvalue weighted by Crippen LogP contribution is 2.38. The second-order valence-electron chi connectivity index (χ2n) is 8.66. The van der Waals surface area contributed by atoms with Crippen LogP contribution in [0, 0.1) is 13.8 Å². The van der Waals surface area contributed by atoms with Gasteiger partial charge in [0.05, 0.1) is 10.6 Å². The van der Waals surface area contributed by atoms with Crippen molar-refractivity contribution in [1.82, 2.24) is 15.2 Å². The summed E-state index contributed by atoms with van der Waals surface area (Å²) in [7, 11) is -3.58. The van der Waals surface area contributed by atoms with Crippen molar-refractivity contribution in [2.45, 2.75) is 50.1 Å². The minimum absolute atomic E-state index is 0.0643. The summed E-state index contributed by atoms with van der Waals surface area (Å²) in [4.78, 5) is 17.6. The van der Waals surface area contributed by atoms with Gasteiger partial charge < -0.3 is 10.1 Å². The van der Waals surface area contributed by atoms with Gasteiger partial charge in [-0.2, -0.15) is 13.2 Å². The zero-order valence-corrected chi connectivity index (χ0v) is 20.5. The van der Waals surface area contributed by atoms with Gasteiger partial charge in [0.2, 0.25) is 0 Å². The monoisotopic (exact) mass is 520 g/mol. The Morgan fingerprint density at radius 3 is 2.42 bits per heavy atom. The minimum atomic E-state index is -4.86. The Hall–Kier alpha value is -3.54. The molecule has 2 aromatic heterocycles. The number of alkyl halides is 3. The first kappa shape index (κ1) is 25.5. The topological polar surface area (TPSA) is 111 Å². The third kappa shape index (κ3) is 5.32. The van der Waals surface area contributed by atoms with Crippen molar-refractivity contribution in [3.8, 4) is 11.6 Å². The summed E-state index contributed by atoms with van der Waals surface area (Å²) < 4.78 is 70.0. The van der Waals surface area contributed by atoms with Gasteiger partial charge >= 0.3 is 6.18 Å². The smallest absolute Gasteiger partial charge is 0.435 e. The number of carbonyl (C=O) groups is 1. The maximum Gasteiger partial charge on any atom is 0.435 e. The number of nitrogens with one attached hydrogen (secondary N) is 1. The van der Waals surface area contributed by atoms with E-state index in [0.717, 1.165) is 38.1 Å². The van der Waals surface area contributed by atoms with Gasteiger partial charge in [-0.05, 0) is 62.6 Å². The van der Waals surface area contributed by atoms with Crippen molar-refractivity contribution in [1.29, 1.82) is 0 Å². The molecule has 1 aliphatic carbocycles. The van der Waals surface area contributed by atoms with Crippen LogP contribution in [0.4, 0.5) is 18.9 Å². The van der Waals surface area contributed by atoms with Crippen LogP contribution in [0.5, 0.6) is 11.6 Å². The molecule has 3 aromatic rings. The molecule has 0 radical (unpaired) electrons. The molecule has 8 nitrogen and oxygen atoms in total. The minimum Gasteiger partial charge on any atom is -0.435 e. The van der Waals surface area contributed by atoms with Crippen LogP contribution in [0.15, 0.2) is 41.3 Å². The molecule has 0 bridgehead atoms. The first-order valence-corrected chi connectivity index (χ1v) is 12.9. The lowest BCUT2D eigenvalue weighted by molar-refractivity contribution is -0.142. The van der Waals surface area contributed by atoms with Gasteiger partial charge in [-0.1, -0.05) is 12.5 Å². The van der Waals surface area contributed by atoms with E-state index in [-0.39, 0.29) is 16.3 Å². The van der Waals surface area contributed by atoms with E-state index in [1.165, 1.54) is 24.3 Å². The second-order valence-corrected chi connectivity index (χ2v) is 10.7. The van der Waals surface area contributed by atoms with Crippen molar-refractivity contribution in [3.63, 3.8) is 0 Å². The summed E-state index contributed by atoms with van der Waals surface area (Å²) in [6.07, 6.45) is -0.639. The standard InChI is InChI=1S/C24H23F3N4O4S/c1-13-20(22(32)29-16-8-5-9-17(12-16)36(3,33)34)23(31-30-21(13)24(25,26)27)35-19-11-10-18(28-14(19)2)15-6-4-7-15/h5,8-12,15H,4,6-7H2,1-3H3,(H,29,32). The number of carbonyl (C=O) groups excluding carboxylic acids is 1. The fourth-order valence-electron chi connectivity index (χ4n) is 3.82. The third-order valence-corrected chi connectivity index (χ3v) is 7.10. The van der Waals surface area contributed by atoms with Crippen LogP contribution in [0.1, 0.15) is 58.2 Å². The first-order valence-electron chi connectivity index (χ1n) is 11.1. The van der Waals surface area contributed by atoms with Crippen molar-refractivity contribution < 1.29 is 31.1 Å². The molecular formula is C24H23F3N4O4S. The number of hydrogen-bond donors (Lipinski definition) is 1. The maximum absolute atomic E-state index is 13.5. The molecular weight excluding hydrogens is 497 g/mol. The van der Waals surface area contributed by atoms with Crippen LogP contribution in [-0.2, 0) is 16.0 Å². The molecule has 0 aliphatic heterocycles. The van der Waals surface area contributed by atoms with E-state index >= 15 is 0 Å². The molecule has 4 rings (SSSR count). The normalized spacial score (nSPS) is 14.3. The number of pyridine rings is 1. The third-order valence-electron chi connectivity index (χ3n) is 5.99. The number of halogens is 3. The Kier molecular flexibility index (Phi) is 6.74. The Balaban J connectivity index is 1.72. The number of amides is 1. The molecule has 190 valence electrons. The van der Waals surface area contributed by atoms with E-state index in [1.807, 2.05) is 0 Å². The molecule has 12 heteroatoms. The summed E-state index contributed by atoms with van der Waals surface area (Å²) >= 11 is 0. The van der Waals surface area contributed by atoms with E-state index in [4.69, 9.17) is 4.74 Å². The fraction of sp³-hybridized carbons (Fsp3) is 0.333. The van der Waals surface area contributed by atoms with Crippen LogP contribution in [0.2, 0.25) is 0 Å². The Labute approximate surface area is 205 Å². The molecule has 36 heavy (non-hydrogen) atoms. The lowest BCUT2D eigenvalue weighted by atomic mass is 9.82. The summed E-state index contributed by atoms with van der Waals surface area (Å²) in [5, 5.41) is 9.27. The van der Waals surface area contributed by atoms with Gasteiger partial charge in [-0.15, -0.1) is 10.2 Å². The highest BCUT2D eigenvalue weighted by Gasteiger charge is 2.38. The summed E-state index contributed by atoms with van der Waals surface area (Å²) in [6, 6.07) is 8.78. The molecule has 0 spiro atoms. The van der Waals surface area contributed by atoms with E-state index < -0.39 is 44.6 Å². The molecule has 1 amide bonds. The van der Waals surface area contributed by atoms with Gasteiger partial charge in [0.1, 0.15) is 5.56 Å². The van der Waals surface area contributed by atoms with Crippen molar-refractivity contribution in [2.24, 2.45) is 0 Å². The van der Waals surface area contributed by atoms with Crippen LogP contribution in [-0.4, -0.2) is 35.8 Å². The molecule has 1 fully saturated rings. The summed E-state index contributed by atoms with van der Waals surface area (Å²) in [5.74, 6) is -0.807. The number of rotatable bonds is 6. The second kappa shape index (κ2) is 9.49. The zero-order chi connectivity index (χ0) is 26.3. The molecule has 1 saturated carbocycles. The molecule has 1 aromatic carbocycles. The number of aryl methyl sites for hydroxylation is 1. The van der Waals surface area contributed by atoms with Crippen LogP contribution >= 0.6 is 0 Å². The molecule has 0 saturated heterocycles. The number of benzene rings is 1. The molecule has 0 unspecified atom stereocenters. The maximum atomic E-state index is 13.5. The van der Waals surface area contributed by atoms with Crippen LogP contribution in [0.25, 0.3) is 0 Å². The Morgan fingerprint density at radius 2 is 1.83 bits per heavy atom. The van der Waals surface area contributed by atoms with Gasteiger partial charge in [-0.25, -0.2) is 8.42 Å². The van der Waals surface area contributed by atoms with E-state index in [1.54, 1.807) is 19.1 Å². The lowest BCUT2D eigenvalue weighted by Gasteiger charge is -2.25. The molecule has 2 heterocycles. The summed E-state index contributed by atoms with van der Waals surface area (Å²) in [5.41, 5.74) is -0.831. The number of hydrogen-bond acceptors (Lipinski definition) is 7. The van der Waals surface area contributed by atoms with Crippen LogP contribution in [0.3, 0.4) is 0 Å². The predicted molar refractivity (Wildman–Crippen MR) is 125 cm³/mol. The van der Waals surface area contributed by atoms with E-state index in [9.17, 15) is 26.4 Å². The predicted octanol–water partition coefficient (Wildman–Crippen LogP) is 5.22. The number of anilines is 1. The van der Waals surface area contributed by atoms with Crippen molar-refractivity contribution >= 4 is 21.4 Å². The Bertz CT molecular complexity index is 1440. The summed E-state index contributed by atoms with van der Waals surface area (Å²) in [6.45, 7) is 2.79. The van der Waals surface area contributed by atoms with Crippen molar-refractivity contribution in [2.75, 3.05) is 11.6 Å². The van der Waals surface area contributed by atoms with Crippen LogP contribution < -0.4 is 10.1 Å². The Morgan fingerprint density at radius 1 is 1.11 bits per heavy atom. The van der Waals surface area contributed by atoms with E-state index in [2.05, 4.69) is 20.5 Å². The lowest BCUT2D eigenvalue weighted by Crippen LogP contribution is -2.21. The number of aromatic nitrogens is 3. The number of ether oxygens (including phenoxy) is 1. The molecule has 1 N–H and O–H groups in total. The van der Waals surface area contributed by atoms with Gasteiger partial charge in [-0.3, -0.25) is 9.78 Å². The molecule has 1 aliphatic rings. The largest absolute Gasteiger partial charge is 0.435 e. The zero-order valence-electron chi connectivity index (χ0n) is 19.7. The number of sulfone groups is 1. The average Bonchev–Trinajstić information content (AvgIpc) is 2.73. The highest BCUT2D eigenvalue weighted by molar-refractivity contribution is 7.90.